The van der Waals surface area contributed by atoms with Crippen molar-refractivity contribution in [3.8, 4) is 0 Å². The highest BCUT2D eigenvalue weighted by Gasteiger charge is 2.30. The fourth-order valence-electron chi connectivity index (χ4n) is 2.93. The van der Waals surface area contributed by atoms with Gasteiger partial charge in [0.25, 0.3) is 0 Å². The third kappa shape index (κ3) is 3.42. The fraction of sp³-hybridized carbons (Fsp3) is 0.312. The molecule has 0 radical (unpaired) electrons. The molecule has 1 atom stereocenters. The first-order valence-electron chi connectivity index (χ1n) is 8.08. The Morgan fingerprint density at radius 3 is 2.88 bits per heavy atom. The number of thioether (sulfide) groups is 1. The predicted octanol–water partition coefficient (Wildman–Crippen LogP) is 3.24. The first kappa shape index (κ1) is 17.0. The maximum absolute atomic E-state index is 12.3. The number of nitrogens with one attached hydrogen (secondary N) is 1. The Morgan fingerprint density at radius 1 is 1.27 bits per heavy atom. The molecule has 1 N–H and O–H groups in total. The van der Waals surface area contributed by atoms with Gasteiger partial charge in [-0.2, -0.15) is 0 Å². The van der Waals surface area contributed by atoms with Crippen molar-refractivity contribution in [2.24, 2.45) is 0 Å². The van der Waals surface area contributed by atoms with Crippen LogP contribution in [0.25, 0.3) is 0 Å². The minimum absolute atomic E-state index is 0.0837. The molecule has 1 amide bonds. The number of amides is 1. The molecule has 4 rings (SSSR count). The number of nitrogens with zero attached hydrogens (tertiary/aromatic N) is 5. The van der Waals surface area contributed by atoms with Crippen LogP contribution in [0.15, 0.2) is 39.1 Å². The van der Waals surface area contributed by atoms with Crippen LogP contribution in [0.1, 0.15) is 35.1 Å². The van der Waals surface area contributed by atoms with E-state index < -0.39 is 5.91 Å². The first-order chi connectivity index (χ1) is 12.7. The molecule has 0 saturated carbocycles. The number of benzene rings is 1. The molecule has 1 aliphatic rings. The number of carbonyl (C=O) groups is 1. The Labute approximate surface area is 158 Å². The highest BCUT2D eigenvalue weighted by atomic mass is 32.2. The molecule has 1 aliphatic heterocycles. The van der Waals surface area contributed by atoms with E-state index in [0.29, 0.717) is 11.1 Å². The molecular weight excluding hydrogens is 372 g/mol. The van der Waals surface area contributed by atoms with Crippen molar-refractivity contribution in [2.75, 3.05) is 23.0 Å². The maximum atomic E-state index is 12.3. The van der Waals surface area contributed by atoms with Crippen molar-refractivity contribution in [2.45, 2.75) is 23.2 Å². The van der Waals surface area contributed by atoms with Crippen LogP contribution >= 0.6 is 23.1 Å². The van der Waals surface area contributed by atoms with Gasteiger partial charge in [-0.25, -0.2) is 0 Å². The monoisotopic (exact) mass is 388 g/mol. The van der Waals surface area contributed by atoms with Gasteiger partial charge >= 0.3 is 17.8 Å². The lowest BCUT2D eigenvalue weighted by molar-refractivity contribution is 0.0990. The van der Waals surface area contributed by atoms with E-state index in [2.05, 4.69) is 42.7 Å². The lowest BCUT2D eigenvalue weighted by atomic mass is 10.1. The van der Waals surface area contributed by atoms with Gasteiger partial charge < -0.3 is 9.32 Å². The standard InChI is InChI=1S/C16H16N6O2S2/c1-25-16-21-19-14(26-16)17-12(23)13-18-20-15(24-13)22-9-5-8-11(22)10-6-3-2-4-7-10/h2-4,6-7,11H,5,8-9H2,1H3,(H,17,19,23)/t11-/m1/s1. The maximum Gasteiger partial charge on any atom is 0.319 e. The second-order valence-corrected chi connectivity index (χ2v) is 7.71. The fourth-order valence-corrected chi connectivity index (χ4v) is 4.10. The van der Waals surface area contributed by atoms with Crippen LogP contribution in [-0.2, 0) is 0 Å². The van der Waals surface area contributed by atoms with Crippen LogP contribution in [0.4, 0.5) is 11.1 Å². The normalized spacial score (nSPS) is 16.8. The van der Waals surface area contributed by atoms with Gasteiger partial charge in [-0.05, 0) is 24.7 Å². The van der Waals surface area contributed by atoms with Crippen molar-refractivity contribution in [3.63, 3.8) is 0 Å². The van der Waals surface area contributed by atoms with Crippen molar-refractivity contribution in [3.05, 3.63) is 41.8 Å². The lowest BCUT2D eigenvalue weighted by Gasteiger charge is -2.22. The Morgan fingerprint density at radius 2 is 2.12 bits per heavy atom. The van der Waals surface area contributed by atoms with Crippen LogP contribution in [0, 0.1) is 0 Å². The zero-order chi connectivity index (χ0) is 17.9. The molecule has 3 heterocycles. The zero-order valence-corrected chi connectivity index (χ0v) is 15.6. The molecule has 26 heavy (non-hydrogen) atoms. The highest BCUT2D eigenvalue weighted by molar-refractivity contribution is 8.00. The molecule has 134 valence electrons. The van der Waals surface area contributed by atoms with Crippen molar-refractivity contribution in [1.29, 1.82) is 0 Å². The van der Waals surface area contributed by atoms with E-state index in [1.807, 2.05) is 24.5 Å². The van der Waals surface area contributed by atoms with Crippen LogP contribution in [-0.4, -0.2) is 39.1 Å². The smallest absolute Gasteiger partial charge is 0.319 e. The number of hydrogen-bond acceptors (Lipinski definition) is 9. The molecule has 10 heteroatoms. The van der Waals surface area contributed by atoms with Crippen molar-refractivity contribution in [1.82, 2.24) is 20.4 Å². The molecule has 1 fully saturated rings. The van der Waals surface area contributed by atoms with E-state index in [4.69, 9.17) is 4.42 Å². The van der Waals surface area contributed by atoms with Crippen LogP contribution in [0.3, 0.4) is 0 Å². The number of rotatable bonds is 5. The Balaban J connectivity index is 1.49. The number of anilines is 2. The summed E-state index contributed by atoms with van der Waals surface area (Å²) in [5, 5.41) is 18.8. The van der Waals surface area contributed by atoms with Gasteiger partial charge in [0.05, 0.1) is 6.04 Å². The molecule has 3 aromatic rings. The quantitative estimate of drug-likeness (QED) is 0.525. The summed E-state index contributed by atoms with van der Waals surface area (Å²) in [5.74, 6) is -0.567. The summed E-state index contributed by atoms with van der Waals surface area (Å²) in [4.78, 5) is 14.3. The zero-order valence-electron chi connectivity index (χ0n) is 14.0. The molecule has 0 spiro atoms. The van der Waals surface area contributed by atoms with E-state index in [0.717, 1.165) is 23.7 Å². The molecule has 0 unspecified atom stereocenters. The van der Waals surface area contributed by atoms with E-state index >= 15 is 0 Å². The second kappa shape index (κ2) is 7.42. The molecule has 1 aromatic carbocycles. The average molecular weight is 388 g/mol. The van der Waals surface area contributed by atoms with Crippen molar-refractivity contribution < 1.29 is 9.21 Å². The number of hydrogen-bond donors (Lipinski definition) is 1. The van der Waals surface area contributed by atoms with Gasteiger partial charge in [0.2, 0.25) is 5.13 Å². The summed E-state index contributed by atoms with van der Waals surface area (Å²) in [6, 6.07) is 10.8. The molecule has 1 saturated heterocycles. The van der Waals surface area contributed by atoms with Gasteiger partial charge in [0.15, 0.2) is 4.34 Å². The van der Waals surface area contributed by atoms with Gasteiger partial charge in [0.1, 0.15) is 0 Å². The van der Waals surface area contributed by atoms with E-state index in [9.17, 15) is 4.79 Å². The minimum Gasteiger partial charge on any atom is -0.399 e. The molecule has 8 nitrogen and oxygen atoms in total. The molecule has 0 bridgehead atoms. The average Bonchev–Trinajstić information content (AvgIpc) is 3.41. The SMILES string of the molecule is CSc1nnc(NC(=O)c2nnc(N3CCC[C@@H]3c3ccccc3)o2)s1. The van der Waals surface area contributed by atoms with Gasteiger partial charge in [-0.3, -0.25) is 10.1 Å². The minimum atomic E-state index is -0.483. The number of aromatic nitrogens is 4. The van der Waals surface area contributed by atoms with Crippen molar-refractivity contribution >= 4 is 40.2 Å². The summed E-state index contributed by atoms with van der Waals surface area (Å²) in [5.41, 5.74) is 1.20. The first-order valence-corrected chi connectivity index (χ1v) is 10.1. The van der Waals surface area contributed by atoms with E-state index in [1.165, 1.54) is 28.7 Å². The van der Waals surface area contributed by atoms with E-state index in [1.54, 1.807) is 0 Å². The third-order valence-electron chi connectivity index (χ3n) is 4.09. The summed E-state index contributed by atoms with van der Waals surface area (Å²) < 4.78 is 6.40. The second-order valence-electron chi connectivity index (χ2n) is 5.68. The summed E-state index contributed by atoms with van der Waals surface area (Å²) in [6.07, 6.45) is 3.94. The van der Waals surface area contributed by atoms with Crippen LogP contribution in [0.5, 0.6) is 0 Å². The molecular formula is C16H16N6O2S2. The topological polar surface area (TPSA) is 97.0 Å². The summed E-state index contributed by atoms with van der Waals surface area (Å²) in [7, 11) is 0. The Hall–Kier alpha value is -2.46. The molecule has 0 aliphatic carbocycles. The summed E-state index contributed by atoms with van der Waals surface area (Å²) >= 11 is 2.76. The third-order valence-corrected chi connectivity index (χ3v) is 5.91. The van der Waals surface area contributed by atoms with E-state index in [-0.39, 0.29) is 11.9 Å². The largest absolute Gasteiger partial charge is 0.399 e. The predicted molar refractivity (Wildman–Crippen MR) is 99.7 cm³/mol. The van der Waals surface area contributed by atoms with Gasteiger partial charge in [-0.15, -0.1) is 15.3 Å². The number of carbonyl (C=O) groups excluding carboxylic acids is 1. The Bertz CT molecular complexity index is 897. The van der Waals surface area contributed by atoms with Crippen LogP contribution in [0.2, 0.25) is 0 Å². The van der Waals surface area contributed by atoms with Gasteiger partial charge in [-0.1, -0.05) is 58.5 Å². The Kier molecular flexibility index (Phi) is 4.85. The molecule has 2 aromatic heterocycles. The van der Waals surface area contributed by atoms with Gasteiger partial charge in [0, 0.05) is 6.54 Å². The summed E-state index contributed by atoms with van der Waals surface area (Å²) in [6.45, 7) is 0.816. The lowest BCUT2D eigenvalue weighted by Crippen LogP contribution is -2.22. The van der Waals surface area contributed by atoms with Crippen LogP contribution < -0.4 is 10.2 Å². The highest BCUT2D eigenvalue weighted by Crippen LogP contribution is 2.35.